The third-order valence-electron chi connectivity index (χ3n) is 3.17. The van der Waals surface area contributed by atoms with Crippen molar-refractivity contribution >= 4 is 5.91 Å². The van der Waals surface area contributed by atoms with Crippen LogP contribution in [0, 0.1) is 0 Å². The van der Waals surface area contributed by atoms with Crippen LogP contribution < -0.4 is 5.32 Å². The lowest BCUT2D eigenvalue weighted by molar-refractivity contribution is 0.0952. The second kappa shape index (κ2) is 6.69. The van der Waals surface area contributed by atoms with Crippen LogP contribution in [0.3, 0.4) is 0 Å². The maximum atomic E-state index is 11.8. The smallest absolute Gasteiger partial charge is 0.251 e. The molecule has 1 heterocycles. The molecular weight excluding hydrogens is 236 g/mol. The van der Waals surface area contributed by atoms with Crippen LogP contribution in [-0.4, -0.2) is 17.4 Å². The number of nitrogens with zero attached hydrogens (tertiary/aromatic N) is 1. The van der Waals surface area contributed by atoms with Crippen LogP contribution in [0.5, 0.6) is 0 Å². The second-order valence-electron chi connectivity index (χ2n) is 4.59. The monoisotopic (exact) mass is 254 g/mol. The minimum absolute atomic E-state index is 0.0392. The van der Waals surface area contributed by atoms with Crippen molar-refractivity contribution in [2.45, 2.75) is 19.3 Å². The van der Waals surface area contributed by atoms with Gasteiger partial charge >= 0.3 is 0 Å². The molecule has 2 aromatic rings. The minimum atomic E-state index is -0.0392. The fraction of sp³-hybridized carbons (Fsp3) is 0.250. The number of hydrogen-bond donors (Lipinski definition) is 1. The maximum absolute atomic E-state index is 11.8. The van der Waals surface area contributed by atoms with Crippen molar-refractivity contribution in [2.75, 3.05) is 6.54 Å². The van der Waals surface area contributed by atoms with Gasteiger partial charge in [0.15, 0.2) is 0 Å². The van der Waals surface area contributed by atoms with E-state index in [1.807, 2.05) is 18.2 Å². The first kappa shape index (κ1) is 13.3. The molecule has 3 heteroatoms. The summed E-state index contributed by atoms with van der Waals surface area (Å²) >= 11 is 0. The van der Waals surface area contributed by atoms with E-state index in [2.05, 4.69) is 29.4 Å². The number of carbonyl (C=O) groups is 1. The molecule has 0 radical (unpaired) electrons. The third kappa shape index (κ3) is 3.91. The predicted octanol–water partition coefficient (Wildman–Crippen LogP) is 3.01. The van der Waals surface area contributed by atoms with Gasteiger partial charge in [0, 0.05) is 24.5 Å². The number of nitrogens with one attached hydrogen (secondary N) is 1. The van der Waals surface area contributed by atoms with E-state index in [9.17, 15) is 4.79 Å². The number of pyridine rings is 1. The average molecular weight is 254 g/mol. The van der Waals surface area contributed by atoms with E-state index >= 15 is 0 Å². The first-order chi connectivity index (χ1) is 9.27. The van der Waals surface area contributed by atoms with Gasteiger partial charge in [-0.2, -0.15) is 0 Å². The van der Waals surface area contributed by atoms with Crippen molar-refractivity contribution in [1.29, 1.82) is 0 Å². The van der Waals surface area contributed by atoms with E-state index in [0.717, 1.165) is 6.42 Å². The lowest BCUT2D eigenvalue weighted by Crippen LogP contribution is -2.25. The summed E-state index contributed by atoms with van der Waals surface area (Å²) in [6, 6.07) is 13.8. The summed E-state index contributed by atoms with van der Waals surface area (Å²) in [6.07, 6.45) is 4.18. The summed E-state index contributed by atoms with van der Waals surface area (Å²) in [7, 11) is 0. The normalized spacial score (nSPS) is 11.8. The Hall–Kier alpha value is -2.16. The van der Waals surface area contributed by atoms with Crippen molar-refractivity contribution in [2.24, 2.45) is 0 Å². The van der Waals surface area contributed by atoms with Crippen molar-refractivity contribution in [3.05, 3.63) is 66.0 Å². The van der Waals surface area contributed by atoms with Crippen molar-refractivity contribution in [3.63, 3.8) is 0 Å². The van der Waals surface area contributed by atoms with Crippen LogP contribution in [0.15, 0.2) is 54.9 Å². The highest BCUT2D eigenvalue weighted by Crippen LogP contribution is 2.17. The van der Waals surface area contributed by atoms with Gasteiger partial charge < -0.3 is 5.32 Å². The SMILES string of the molecule is C[C@@H](CCNC(=O)c1ccncc1)c1ccccc1. The number of carbonyl (C=O) groups excluding carboxylic acids is 1. The topological polar surface area (TPSA) is 42.0 Å². The van der Waals surface area contributed by atoms with Gasteiger partial charge in [-0.15, -0.1) is 0 Å². The van der Waals surface area contributed by atoms with Crippen molar-refractivity contribution in [1.82, 2.24) is 10.3 Å². The molecule has 0 spiro atoms. The Morgan fingerprint density at radius 2 is 1.84 bits per heavy atom. The van der Waals surface area contributed by atoms with Crippen LogP contribution >= 0.6 is 0 Å². The fourth-order valence-corrected chi connectivity index (χ4v) is 1.96. The van der Waals surface area contributed by atoms with E-state index in [1.165, 1.54) is 5.56 Å². The van der Waals surface area contributed by atoms with E-state index in [1.54, 1.807) is 24.5 Å². The standard InChI is InChI=1S/C16H18N2O/c1-13(14-5-3-2-4-6-14)7-12-18-16(19)15-8-10-17-11-9-15/h2-6,8-11,13H,7,12H2,1H3,(H,18,19)/t13-/m0/s1. The molecule has 0 aliphatic heterocycles. The van der Waals surface area contributed by atoms with E-state index in [-0.39, 0.29) is 5.91 Å². The first-order valence-corrected chi connectivity index (χ1v) is 6.50. The molecule has 3 nitrogen and oxygen atoms in total. The molecule has 1 aromatic carbocycles. The van der Waals surface area contributed by atoms with E-state index in [0.29, 0.717) is 18.0 Å². The zero-order valence-electron chi connectivity index (χ0n) is 11.0. The Bertz CT molecular complexity index is 511. The van der Waals surface area contributed by atoms with Gasteiger partial charge in [0.25, 0.3) is 5.91 Å². The zero-order chi connectivity index (χ0) is 13.5. The Morgan fingerprint density at radius 3 is 2.53 bits per heavy atom. The molecular formula is C16H18N2O. The van der Waals surface area contributed by atoms with Gasteiger partial charge in [-0.25, -0.2) is 0 Å². The molecule has 0 unspecified atom stereocenters. The first-order valence-electron chi connectivity index (χ1n) is 6.50. The lowest BCUT2D eigenvalue weighted by atomic mass is 9.98. The van der Waals surface area contributed by atoms with Crippen LogP contribution in [0.2, 0.25) is 0 Å². The molecule has 0 saturated carbocycles. The zero-order valence-corrected chi connectivity index (χ0v) is 11.0. The second-order valence-corrected chi connectivity index (χ2v) is 4.59. The van der Waals surface area contributed by atoms with Crippen molar-refractivity contribution in [3.8, 4) is 0 Å². The highest BCUT2D eigenvalue weighted by Gasteiger charge is 2.07. The lowest BCUT2D eigenvalue weighted by Gasteiger charge is -2.12. The molecule has 1 N–H and O–H groups in total. The van der Waals surface area contributed by atoms with Gasteiger partial charge in [-0.3, -0.25) is 9.78 Å². The van der Waals surface area contributed by atoms with Gasteiger partial charge in [0.05, 0.1) is 0 Å². The number of rotatable bonds is 5. The molecule has 0 fully saturated rings. The highest BCUT2D eigenvalue weighted by molar-refractivity contribution is 5.93. The highest BCUT2D eigenvalue weighted by atomic mass is 16.1. The Morgan fingerprint density at radius 1 is 1.16 bits per heavy atom. The molecule has 1 amide bonds. The molecule has 0 aliphatic carbocycles. The Labute approximate surface area is 113 Å². The number of benzene rings is 1. The Kier molecular flexibility index (Phi) is 4.67. The number of amides is 1. The number of hydrogen-bond acceptors (Lipinski definition) is 2. The molecule has 0 aliphatic rings. The molecule has 98 valence electrons. The fourth-order valence-electron chi connectivity index (χ4n) is 1.96. The summed E-state index contributed by atoms with van der Waals surface area (Å²) in [6.45, 7) is 2.85. The predicted molar refractivity (Wildman–Crippen MR) is 76.0 cm³/mol. The summed E-state index contributed by atoms with van der Waals surface area (Å²) in [5.41, 5.74) is 1.96. The van der Waals surface area contributed by atoms with Crippen LogP contribution in [-0.2, 0) is 0 Å². The summed E-state index contributed by atoms with van der Waals surface area (Å²) < 4.78 is 0. The summed E-state index contributed by atoms with van der Waals surface area (Å²) in [5.74, 6) is 0.404. The van der Waals surface area contributed by atoms with Crippen LogP contribution in [0.25, 0.3) is 0 Å². The average Bonchev–Trinajstić information content (AvgIpc) is 2.49. The van der Waals surface area contributed by atoms with Crippen LogP contribution in [0.4, 0.5) is 0 Å². The van der Waals surface area contributed by atoms with Gasteiger partial charge in [0.1, 0.15) is 0 Å². The molecule has 1 aromatic heterocycles. The molecule has 19 heavy (non-hydrogen) atoms. The van der Waals surface area contributed by atoms with E-state index in [4.69, 9.17) is 0 Å². The molecule has 0 bridgehead atoms. The Balaban J connectivity index is 1.79. The third-order valence-corrected chi connectivity index (χ3v) is 3.17. The van der Waals surface area contributed by atoms with Crippen molar-refractivity contribution < 1.29 is 4.79 Å². The number of aromatic nitrogens is 1. The minimum Gasteiger partial charge on any atom is -0.352 e. The molecule has 1 atom stereocenters. The molecule has 0 saturated heterocycles. The summed E-state index contributed by atoms with van der Waals surface area (Å²) in [4.78, 5) is 15.7. The molecule has 2 rings (SSSR count). The van der Waals surface area contributed by atoms with E-state index < -0.39 is 0 Å². The van der Waals surface area contributed by atoms with Gasteiger partial charge in [-0.1, -0.05) is 37.3 Å². The quantitative estimate of drug-likeness (QED) is 0.891. The summed E-state index contributed by atoms with van der Waals surface area (Å²) in [5, 5.41) is 2.93. The van der Waals surface area contributed by atoms with Gasteiger partial charge in [-0.05, 0) is 30.0 Å². The van der Waals surface area contributed by atoms with Crippen LogP contribution in [0.1, 0.15) is 35.2 Å². The maximum Gasteiger partial charge on any atom is 0.251 e. The largest absolute Gasteiger partial charge is 0.352 e. The van der Waals surface area contributed by atoms with Gasteiger partial charge in [0.2, 0.25) is 0 Å².